The van der Waals surface area contributed by atoms with Crippen LogP contribution in [0.25, 0.3) is 11.0 Å². The molecule has 1 aromatic heterocycles. The van der Waals surface area contributed by atoms with Crippen molar-refractivity contribution in [3.05, 3.63) is 30.1 Å². The summed E-state index contributed by atoms with van der Waals surface area (Å²) in [5.74, 6) is -0.0678. The molecule has 1 N–H and O–H groups in total. The molecule has 0 radical (unpaired) electrons. The zero-order valence-corrected chi connectivity index (χ0v) is 13.4. The fraction of sp³-hybridized carbons (Fsp3) is 0.467. The largest absolute Gasteiger partial charge is 0.348 e. The van der Waals surface area contributed by atoms with Crippen molar-refractivity contribution in [2.45, 2.75) is 32.4 Å². The standard InChI is InChI=1S/C15H19N3O3S/c1-10(2)18-9-16-13-7-11(3-4-14(13)18)15(19)17-12-5-6-22(20,21)8-12/h3-4,7,9-10,12H,5-6,8H2,1-2H3,(H,17,19). The average Bonchev–Trinajstić information content (AvgIpc) is 3.01. The molecule has 2 heterocycles. The number of fused-ring (bicyclic) bond motifs is 1. The Morgan fingerprint density at radius 2 is 2.18 bits per heavy atom. The van der Waals surface area contributed by atoms with Gasteiger partial charge in [0.15, 0.2) is 9.84 Å². The Labute approximate surface area is 129 Å². The molecule has 1 aliphatic rings. The average molecular weight is 321 g/mol. The van der Waals surface area contributed by atoms with E-state index in [1.54, 1.807) is 18.5 Å². The topological polar surface area (TPSA) is 81.1 Å². The highest BCUT2D eigenvalue weighted by Gasteiger charge is 2.29. The summed E-state index contributed by atoms with van der Waals surface area (Å²) in [5, 5.41) is 2.79. The van der Waals surface area contributed by atoms with E-state index in [4.69, 9.17) is 0 Å². The maximum absolute atomic E-state index is 12.3. The van der Waals surface area contributed by atoms with E-state index >= 15 is 0 Å². The number of benzene rings is 1. The molecule has 2 aromatic rings. The van der Waals surface area contributed by atoms with Gasteiger partial charge in [0.1, 0.15) is 0 Å². The quantitative estimate of drug-likeness (QED) is 0.929. The van der Waals surface area contributed by atoms with E-state index in [1.807, 2.05) is 10.6 Å². The van der Waals surface area contributed by atoms with Crippen LogP contribution >= 0.6 is 0 Å². The van der Waals surface area contributed by atoms with Crippen molar-refractivity contribution < 1.29 is 13.2 Å². The van der Waals surface area contributed by atoms with E-state index in [0.29, 0.717) is 18.0 Å². The van der Waals surface area contributed by atoms with Crippen LogP contribution in [0.3, 0.4) is 0 Å². The van der Waals surface area contributed by atoms with Crippen molar-refractivity contribution in [3.8, 4) is 0 Å². The number of carbonyl (C=O) groups excluding carboxylic acids is 1. The molecule has 1 aromatic carbocycles. The second-order valence-electron chi connectivity index (χ2n) is 6.02. The molecule has 0 bridgehead atoms. The van der Waals surface area contributed by atoms with Crippen molar-refractivity contribution in [1.29, 1.82) is 0 Å². The monoisotopic (exact) mass is 321 g/mol. The summed E-state index contributed by atoms with van der Waals surface area (Å²) in [7, 11) is -2.99. The molecule has 118 valence electrons. The smallest absolute Gasteiger partial charge is 0.251 e. The lowest BCUT2D eigenvalue weighted by molar-refractivity contribution is 0.0941. The van der Waals surface area contributed by atoms with Gasteiger partial charge in [-0.2, -0.15) is 0 Å². The molecule has 1 saturated heterocycles. The van der Waals surface area contributed by atoms with Crippen molar-refractivity contribution in [1.82, 2.24) is 14.9 Å². The van der Waals surface area contributed by atoms with E-state index in [1.165, 1.54) is 0 Å². The number of carbonyl (C=O) groups is 1. The van der Waals surface area contributed by atoms with Gasteiger partial charge in [-0.15, -0.1) is 0 Å². The van der Waals surface area contributed by atoms with Crippen LogP contribution in [-0.4, -0.2) is 41.4 Å². The molecule has 0 aliphatic carbocycles. The van der Waals surface area contributed by atoms with Gasteiger partial charge in [0.05, 0.1) is 28.9 Å². The number of nitrogens with one attached hydrogen (secondary N) is 1. The van der Waals surface area contributed by atoms with Gasteiger partial charge in [0, 0.05) is 17.6 Å². The number of amides is 1. The first-order valence-electron chi connectivity index (χ1n) is 7.33. The van der Waals surface area contributed by atoms with Crippen molar-refractivity contribution >= 4 is 26.8 Å². The molecule has 0 spiro atoms. The van der Waals surface area contributed by atoms with Crippen LogP contribution in [-0.2, 0) is 9.84 Å². The number of sulfone groups is 1. The Balaban J connectivity index is 1.80. The van der Waals surface area contributed by atoms with Gasteiger partial charge in [-0.05, 0) is 38.5 Å². The minimum Gasteiger partial charge on any atom is -0.348 e. The van der Waals surface area contributed by atoms with Crippen LogP contribution in [0.4, 0.5) is 0 Å². The zero-order valence-electron chi connectivity index (χ0n) is 12.6. The lowest BCUT2D eigenvalue weighted by Gasteiger charge is -2.11. The Bertz CT molecular complexity index is 824. The first kappa shape index (κ1) is 15.0. The SMILES string of the molecule is CC(C)n1cnc2cc(C(=O)NC3CCS(=O)(=O)C3)ccc21. The Morgan fingerprint density at radius 3 is 2.82 bits per heavy atom. The van der Waals surface area contributed by atoms with E-state index in [-0.39, 0.29) is 23.5 Å². The van der Waals surface area contributed by atoms with Crippen molar-refractivity contribution in [3.63, 3.8) is 0 Å². The maximum atomic E-state index is 12.3. The normalized spacial score (nSPS) is 20.6. The van der Waals surface area contributed by atoms with Gasteiger partial charge in [-0.1, -0.05) is 0 Å². The molecule has 22 heavy (non-hydrogen) atoms. The van der Waals surface area contributed by atoms with E-state index in [2.05, 4.69) is 24.1 Å². The van der Waals surface area contributed by atoms with Gasteiger partial charge >= 0.3 is 0 Å². The van der Waals surface area contributed by atoms with Gasteiger partial charge in [-0.25, -0.2) is 13.4 Å². The van der Waals surface area contributed by atoms with Crippen molar-refractivity contribution in [2.75, 3.05) is 11.5 Å². The van der Waals surface area contributed by atoms with Crippen LogP contribution in [0.15, 0.2) is 24.5 Å². The molecule has 6 nitrogen and oxygen atoms in total. The number of hydrogen-bond acceptors (Lipinski definition) is 4. The number of nitrogens with zero attached hydrogens (tertiary/aromatic N) is 2. The summed E-state index contributed by atoms with van der Waals surface area (Å²) in [5.41, 5.74) is 2.25. The molecule has 1 aliphatic heterocycles. The summed E-state index contributed by atoms with van der Waals surface area (Å²) in [6.07, 6.45) is 2.25. The van der Waals surface area contributed by atoms with Gasteiger partial charge in [-0.3, -0.25) is 4.79 Å². The third-order valence-electron chi connectivity index (χ3n) is 3.96. The lowest BCUT2D eigenvalue weighted by Crippen LogP contribution is -2.35. The maximum Gasteiger partial charge on any atom is 0.251 e. The first-order valence-corrected chi connectivity index (χ1v) is 9.16. The number of rotatable bonds is 3. The molecule has 1 fully saturated rings. The zero-order chi connectivity index (χ0) is 15.9. The van der Waals surface area contributed by atoms with Crippen molar-refractivity contribution in [2.24, 2.45) is 0 Å². The molecule has 3 rings (SSSR count). The highest BCUT2D eigenvalue weighted by Crippen LogP contribution is 2.19. The minimum absolute atomic E-state index is 0.0307. The minimum atomic E-state index is -2.99. The third-order valence-corrected chi connectivity index (χ3v) is 5.73. The summed E-state index contributed by atoms with van der Waals surface area (Å²) in [6.45, 7) is 4.14. The molecule has 7 heteroatoms. The van der Waals surface area contributed by atoms with Crippen LogP contribution in [0.5, 0.6) is 0 Å². The molecule has 1 unspecified atom stereocenters. The van der Waals surface area contributed by atoms with Crippen LogP contribution < -0.4 is 5.32 Å². The molecule has 0 saturated carbocycles. The lowest BCUT2D eigenvalue weighted by atomic mass is 10.1. The molecular weight excluding hydrogens is 302 g/mol. The molecular formula is C15H19N3O3S. The number of imidazole rings is 1. The highest BCUT2D eigenvalue weighted by atomic mass is 32.2. The molecule has 1 amide bonds. The summed E-state index contributed by atoms with van der Waals surface area (Å²) >= 11 is 0. The second kappa shape index (κ2) is 5.39. The predicted octanol–water partition coefficient (Wildman–Crippen LogP) is 1.53. The van der Waals surface area contributed by atoms with E-state index in [0.717, 1.165) is 11.0 Å². The fourth-order valence-corrected chi connectivity index (χ4v) is 4.44. The summed E-state index contributed by atoms with van der Waals surface area (Å²) in [6, 6.07) is 5.38. The van der Waals surface area contributed by atoms with Gasteiger partial charge in [0.2, 0.25) is 0 Å². The second-order valence-corrected chi connectivity index (χ2v) is 8.25. The van der Waals surface area contributed by atoms with Crippen LogP contribution in [0.1, 0.15) is 36.7 Å². The highest BCUT2D eigenvalue weighted by molar-refractivity contribution is 7.91. The number of aromatic nitrogens is 2. The molecule has 1 atom stereocenters. The Hall–Kier alpha value is -1.89. The van der Waals surface area contributed by atoms with Crippen LogP contribution in [0.2, 0.25) is 0 Å². The summed E-state index contributed by atoms with van der Waals surface area (Å²) in [4.78, 5) is 16.6. The Morgan fingerprint density at radius 1 is 1.41 bits per heavy atom. The fourth-order valence-electron chi connectivity index (χ4n) is 2.76. The van der Waals surface area contributed by atoms with Gasteiger partial charge in [0.25, 0.3) is 5.91 Å². The van der Waals surface area contributed by atoms with E-state index < -0.39 is 9.84 Å². The Kier molecular flexibility index (Phi) is 3.68. The summed E-state index contributed by atoms with van der Waals surface area (Å²) < 4.78 is 24.9. The number of hydrogen-bond donors (Lipinski definition) is 1. The van der Waals surface area contributed by atoms with Crippen LogP contribution in [0, 0.1) is 0 Å². The van der Waals surface area contributed by atoms with E-state index in [9.17, 15) is 13.2 Å². The first-order chi connectivity index (χ1) is 10.4. The predicted molar refractivity (Wildman–Crippen MR) is 84.6 cm³/mol. The van der Waals surface area contributed by atoms with Gasteiger partial charge < -0.3 is 9.88 Å². The third kappa shape index (κ3) is 2.85.